The van der Waals surface area contributed by atoms with Gasteiger partial charge in [0.2, 0.25) is 11.8 Å². The van der Waals surface area contributed by atoms with Crippen molar-refractivity contribution < 1.29 is 46.2 Å². The lowest BCUT2D eigenvalue weighted by Crippen LogP contribution is -2.48. The van der Waals surface area contributed by atoms with E-state index in [1.54, 1.807) is 23.1 Å². The third kappa shape index (κ3) is 10.2. The van der Waals surface area contributed by atoms with Gasteiger partial charge in [-0.05, 0) is 73.4 Å². The van der Waals surface area contributed by atoms with Crippen molar-refractivity contribution in [1.29, 1.82) is 0 Å². The molecule has 0 aliphatic carbocycles. The number of hydrogen-bond donors (Lipinski definition) is 3. The first-order valence-corrected chi connectivity index (χ1v) is 15.8. The van der Waals surface area contributed by atoms with Crippen LogP contribution in [0.4, 0.5) is 13.2 Å². The summed E-state index contributed by atoms with van der Waals surface area (Å²) in [6.07, 6.45) is 0.762. The molecule has 2 aromatic carbocycles. The number of carboxylic acids is 1. The van der Waals surface area contributed by atoms with Crippen molar-refractivity contribution in [3.05, 3.63) is 65.2 Å². The summed E-state index contributed by atoms with van der Waals surface area (Å²) in [6.45, 7) is 1.60. The standard InChI is InChI=1S/C27H35N3O5S.C2HF3O2/c1-36(34,35)18-26(32)29(12-11-19-5-9-25(31)10-6-19)13-14-30-23-7-8-24(30)17-22(16-23)20-3-2-4-21(15-20)27(28)33;3-2(4,5)1(6)7/h2-6,9-10,15,22-24,31H,7-8,11-14,16-18H2,1H3,(H2,28,33);(H,6,7)/t22?,23-,24+;. The number of nitrogens with two attached hydrogens (primary N) is 1. The van der Waals surface area contributed by atoms with Crippen molar-refractivity contribution in [1.82, 2.24) is 9.80 Å². The number of rotatable bonds is 10. The third-order valence-electron chi connectivity index (χ3n) is 7.74. The van der Waals surface area contributed by atoms with Crippen LogP contribution in [0.5, 0.6) is 5.75 Å². The highest BCUT2D eigenvalue weighted by Gasteiger charge is 2.41. The summed E-state index contributed by atoms with van der Waals surface area (Å²) in [6, 6.07) is 15.3. The second-order valence-electron chi connectivity index (χ2n) is 11.0. The Morgan fingerprint density at radius 1 is 1.02 bits per heavy atom. The molecule has 0 spiro atoms. The lowest BCUT2D eigenvalue weighted by molar-refractivity contribution is -0.192. The Hall–Kier alpha value is -3.65. The molecule has 2 amide bonds. The Morgan fingerprint density at radius 3 is 2.12 bits per heavy atom. The molecule has 2 saturated heterocycles. The predicted octanol–water partition coefficient (Wildman–Crippen LogP) is 2.95. The molecule has 1 unspecified atom stereocenters. The van der Waals surface area contributed by atoms with E-state index in [0.717, 1.165) is 43.1 Å². The van der Waals surface area contributed by atoms with Gasteiger partial charge in [0.15, 0.2) is 9.84 Å². The zero-order chi connectivity index (χ0) is 31.9. The van der Waals surface area contributed by atoms with E-state index in [1.165, 1.54) is 0 Å². The number of piperidine rings is 1. The van der Waals surface area contributed by atoms with Gasteiger partial charge in [0.05, 0.1) is 0 Å². The number of alkyl halides is 3. The summed E-state index contributed by atoms with van der Waals surface area (Å²) in [5.74, 6) is -3.48. The van der Waals surface area contributed by atoms with Crippen LogP contribution in [-0.4, -0.2) is 96.1 Å². The molecule has 3 atom stereocenters. The summed E-state index contributed by atoms with van der Waals surface area (Å²) in [4.78, 5) is 37.5. The molecule has 2 bridgehead atoms. The maximum absolute atomic E-state index is 12.9. The number of halogens is 3. The van der Waals surface area contributed by atoms with Crippen LogP contribution < -0.4 is 5.73 Å². The molecule has 2 aliphatic heterocycles. The van der Waals surface area contributed by atoms with E-state index in [4.69, 9.17) is 15.6 Å². The number of sulfone groups is 1. The number of phenolic OH excluding ortho intramolecular Hbond substituents is 1. The van der Waals surface area contributed by atoms with Crippen LogP contribution in [0.3, 0.4) is 0 Å². The number of phenols is 1. The molecule has 10 nitrogen and oxygen atoms in total. The zero-order valence-corrected chi connectivity index (χ0v) is 24.5. The van der Waals surface area contributed by atoms with Gasteiger partial charge in [-0.25, -0.2) is 13.2 Å². The van der Waals surface area contributed by atoms with Crippen LogP contribution in [0.25, 0.3) is 0 Å². The number of nitrogens with zero attached hydrogens (tertiary/aromatic N) is 2. The van der Waals surface area contributed by atoms with E-state index < -0.39 is 33.6 Å². The number of carboxylic acid groups (broad SMARTS) is 1. The number of aromatic hydroxyl groups is 1. The van der Waals surface area contributed by atoms with Crippen molar-refractivity contribution in [2.45, 2.75) is 56.3 Å². The molecule has 2 heterocycles. The average Bonchev–Trinajstić information content (AvgIpc) is 3.14. The summed E-state index contributed by atoms with van der Waals surface area (Å²) in [5, 5.41) is 16.6. The van der Waals surface area contributed by atoms with Crippen LogP contribution in [0.1, 0.15) is 53.1 Å². The molecule has 2 aliphatic rings. The van der Waals surface area contributed by atoms with E-state index >= 15 is 0 Å². The van der Waals surface area contributed by atoms with E-state index in [-0.39, 0.29) is 11.7 Å². The largest absolute Gasteiger partial charge is 0.508 e. The summed E-state index contributed by atoms with van der Waals surface area (Å²) in [5.41, 5.74) is 8.14. The van der Waals surface area contributed by atoms with Gasteiger partial charge in [-0.15, -0.1) is 0 Å². The van der Waals surface area contributed by atoms with Gasteiger partial charge in [0, 0.05) is 43.5 Å². The van der Waals surface area contributed by atoms with E-state index in [1.807, 2.05) is 24.3 Å². The molecule has 0 saturated carbocycles. The predicted molar refractivity (Wildman–Crippen MR) is 152 cm³/mol. The Balaban J connectivity index is 0.000000646. The highest BCUT2D eigenvalue weighted by Crippen LogP contribution is 2.43. The molecule has 43 heavy (non-hydrogen) atoms. The van der Waals surface area contributed by atoms with Gasteiger partial charge in [-0.1, -0.05) is 24.3 Å². The third-order valence-corrected chi connectivity index (χ3v) is 8.51. The van der Waals surface area contributed by atoms with Crippen molar-refractivity contribution in [2.75, 3.05) is 31.6 Å². The van der Waals surface area contributed by atoms with Gasteiger partial charge in [-0.2, -0.15) is 13.2 Å². The van der Waals surface area contributed by atoms with Crippen LogP contribution in [0.15, 0.2) is 48.5 Å². The molecule has 2 aromatic rings. The molecule has 14 heteroatoms. The van der Waals surface area contributed by atoms with Crippen molar-refractivity contribution in [3.63, 3.8) is 0 Å². The van der Waals surface area contributed by atoms with Crippen LogP contribution in [0.2, 0.25) is 0 Å². The maximum Gasteiger partial charge on any atom is 0.490 e. The quantitative estimate of drug-likeness (QED) is 0.363. The lowest BCUT2D eigenvalue weighted by Gasteiger charge is -2.40. The zero-order valence-electron chi connectivity index (χ0n) is 23.7. The van der Waals surface area contributed by atoms with Gasteiger partial charge in [0.25, 0.3) is 0 Å². The minimum atomic E-state index is -5.08. The Kier molecular flexibility index (Phi) is 11.2. The first kappa shape index (κ1) is 33.8. The molecular weight excluding hydrogens is 591 g/mol. The molecule has 4 rings (SSSR count). The number of carbonyl (C=O) groups excluding carboxylic acids is 2. The van der Waals surface area contributed by atoms with Crippen molar-refractivity contribution >= 4 is 27.6 Å². The Morgan fingerprint density at radius 2 is 1.60 bits per heavy atom. The Bertz CT molecular complexity index is 1390. The highest BCUT2D eigenvalue weighted by atomic mass is 32.2. The number of carbonyl (C=O) groups is 3. The fraction of sp³-hybridized carbons (Fsp3) is 0.483. The lowest BCUT2D eigenvalue weighted by atomic mass is 9.84. The minimum absolute atomic E-state index is 0.184. The molecular formula is C29H36F3N3O7S. The molecule has 0 aromatic heterocycles. The maximum atomic E-state index is 12.9. The molecule has 2 fully saturated rings. The summed E-state index contributed by atoms with van der Waals surface area (Å²) in [7, 11) is -3.43. The van der Waals surface area contributed by atoms with Crippen molar-refractivity contribution in [3.8, 4) is 5.75 Å². The first-order valence-electron chi connectivity index (χ1n) is 13.7. The fourth-order valence-corrected chi connectivity index (χ4v) is 6.33. The van der Waals surface area contributed by atoms with Crippen molar-refractivity contribution in [2.24, 2.45) is 5.73 Å². The Labute approximate surface area is 248 Å². The minimum Gasteiger partial charge on any atom is -0.508 e. The number of hydrogen-bond acceptors (Lipinski definition) is 7. The SMILES string of the molecule is CS(=O)(=O)CC(=O)N(CCc1ccc(O)cc1)CCN1[C@@H]2CC[C@H]1CC(c1cccc(C(N)=O)c1)C2.O=C(O)C(F)(F)F. The van der Waals surface area contributed by atoms with Crippen LogP contribution in [0, 0.1) is 0 Å². The first-order chi connectivity index (χ1) is 20.0. The van der Waals surface area contributed by atoms with Crippen LogP contribution in [-0.2, 0) is 25.8 Å². The fourth-order valence-electron chi connectivity index (χ4n) is 5.70. The van der Waals surface area contributed by atoms with Gasteiger partial charge >= 0.3 is 12.1 Å². The number of primary amides is 1. The number of amides is 2. The van der Waals surface area contributed by atoms with E-state index in [9.17, 15) is 36.3 Å². The summed E-state index contributed by atoms with van der Waals surface area (Å²) < 4.78 is 55.3. The second-order valence-corrected chi connectivity index (χ2v) is 13.1. The van der Waals surface area contributed by atoms with E-state index in [2.05, 4.69) is 11.0 Å². The number of benzene rings is 2. The van der Waals surface area contributed by atoms with E-state index in [0.29, 0.717) is 49.6 Å². The molecule has 236 valence electrons. The molecule has 4 N–H and O–H groups in total. The second kappa shape index (κ2) is 14.2. The highest BCUT2D eigenvalue weighted by molar-refractivity contribution is 7.91. The monoisotopic (exact) mass is 627 g/mol. The van der Waals surface area contributed by atoms with Gasteiger partial charge in [-0.3, -0.25) is 14.5 Å². The molecule has 0 radical (unpaired) electrons. The normalized spacial score (nSPS) is 20.1. The van der Waals surface area contributed by atoms with Gasteiger partial charge < -0.3 is 20.8 Å². The number of fused-ring (bicyclic) bond motifs is 2. The van der Waals surface area contributed by atoms with Crippen LogP contribution >= 0.6 is 0 Å². The number of aliphatic carboxylic acids is 1. The average molecular weight is 628 g/mol. The van der Waals surface area contributed by atoms with Gasteiger partial charge in [0.1, 0.15) is 11.5 Å². The topological polar surface area (TPSA) is 158 Å². The smallest absolute Gasteiger partial charge is 0.490 e. The summed E-state index contributed by atoms with van der Waals surface area (Å²) >= 11 is 0.